The highest BCUT2D eigenvalue weighted by molar-refractivity contribution is 4.48. The van der Waals surface area contributed by atoms with Gasteiger partial charge in [0.2, 0.25) is 0 Å². The lowest BCUT2D eigenvalue weighted by Gasteiger charge is -2.07. The molecule has 1 unspecified atom stereocenters. The number of rotatable bonds is 11. The molecular formula is C13H28O2. The Morgan fingerprint density at radius 2 is 1.33 bits per heavy atom. The topological polar surface area (TPSA) is 29.5 Å². The van der Waals surface area contributed by atoms with E-state index in [0.29, 0.717) is 0 Å². The van der Waals surface area contributed by atoms with Gasteiger partial charge in [0.05, 0.1) is 0 Å². The monoisotopic (exact) mass is 216 g/mol. The van der Waals surface area contributed by atoms with E-state index in [0.717, 1.165) is 12.8 Å². The second-order valence-corrected chi connectivity index (χ2v) is 4.31. The van der Waals surface area contributed by atoms with Crippen LogP contribution in [0.3, 0.4) is 0 Å². The van der Waals surface area contributed by atoms with Gasteiger partial charge in [0.1, 0.15) is 0 Å². The van der Waals surface area contributed by atoms with E-state index in [2.05, 4.69) is 6.92 Å². The molecule has 0 bridgehead atoms. The zero-order chi connectivity index (χ0) is 11.4. The Balaban J connectivity index is 2.92. The Morgan fingerprint density at radius 3 is 1.80 bits per heavy atom. The third-order valence-electron chi connectivity index (χ3n) is 2.83. The molecule has 0 aliphatic carbocycles. The maximum absolute atomic E-state index is 9.14. The molecule has 0 spiro atoms. The SMILES string of the molecule is CCCCCCCCCCCC(O)OC. The number of hydrogen-bond acceptors (Lipinski definition) is 2. The van der Waals surface area contributed by atoms with Gasteiger partial charge < -0.3 is 9.84 Å². The fraction of sp³-hybridized carbons (Fsp3) is 1.00. The molecule has 1 atom stereocenters. The van der Waals surface area contributed by atoms with Gasteiger partial charge in [0.15, 0.2) is 6.29 Å². The standard InChI is InChI=1S/C13H28O2/c1-3-4-5-6-7-8-9-10-11-12-13(14)15-2/h13-14H,3-12H2,1-2H3. The second kappa shape index (κ2) is 12.0. The lowest BCUT2D eigenvalue weighted by Crippen LogP contribution is -2.07. The van der Waals surface area contributed by atoms with E-state index in [9.17, 15) is 0 Å². The molecule has 0 heterocycles. The Hall–Kier alpha value is -0.0800. The fourth-order valence-electron chi connectivity index (χ4n) is 1.75. The Labute approximate surface area is 95.0 Å². The molecule has 0 saturated heterocycles. The number of hydrogen-bond donors (Lipinski definition) is 1. The maximum Gasteiger partial charge on any atom is 0.154 e. The van der Waals surface area contributed by atoms with Gasteiger partial charge in [-0.25, -0.2) is 0 Å². The summed E-state index contributed by atoms with van der Waals surface area (Å²) in [5.41, 5.74) is 0. The normalized spacial score (nSPS) is 13.0. The summed E-state index contributed by atoms with van der Waals surface area (Å²) in [7, 11) is 1.55. The summed E-state index contributed by atoms with van der Waals surface area (Å²) in [6.45, 7) is 2.25. The zero-order valence-corrected chi connectivity index (χ0v) is 10.5. The number of aliphatic hydroxyl groups excluding tert-OH is 1. The van der Waals surface area contributed by atoms with Crippen molar-refractivity contribution >= 4 is 0 Å². The molecule has 15 heavy (non-hydrogen) atoms. The Bertz CT molecular complexity index is 115. The molecule has 92 valence electrons. The molecule has 0 fully saturated rings. The first kappa shape index (κ1) is 14.9. The fourth-order valence-corrected chi connectivity index (χ4v) is 1.75. The van der Waals surface area contributed by atoms with Gasteiger partial charge in [-0.1, -0.05) is 58.3 Å². The van der Waals surface area contributed by atoms with E-state index in [1.165, 1.54) is 51.4 Å². The maximum atomic E-state index is 9.14. The van der Waals surface area contributed by atoms with Gasteiger partial charge in [-0.15, -0.1) is 0 Å². The molecule has 0 aromatic rings. The third kappa shape index (κ3) is 11.8. The van der Waals surface area contributed by atoms with Crippen LogP contribution in [0.1, 0.15) is 71.1 Å². The average Bonchev–Trinajstić information content (AvgIpc) is 2.26. The molecule has 0 aromatic heterocycles. The van der Waals surface area contributed by atoms with E-state index < -0.39 is 6.29 Å². The van der Waals surface area contributed by atoms with Gasteiger partial charge in [-0.3, -0.25) is 0 Å². The number of unbranched alkanes of at least 4 members (excludes halogenated alkanes) is 8. The van der Waals surface area contributed by atoms with E-state index in [-0.39, 0.29) is 0 Å². The zero-order valence-electron chi connectivity index (χ0n) is 10.5. The average molecular weight is 216 g/mol. The van der Waals surface area contributed by atoms with Crippen LogP contribution >= 0.6 is 0 Å². The van der Waals surface area contributed by atoms with Crippen LogP contribution in [-0.2, 0) is 4.74 Å². The van der Waals surface area contributed by atoms with Crippen molar-refractivity contribution in [3.05, 3.63) is 0 Å². The first-order valence-corrected chi connectivity index (χ1v) is 6.52. The number of ether oxygens (including phenoxy) is 1. The number of methoxy groups -OCH3 is 1. The van der Waals surface area contributed by atoms with Crippen LogP contribution in [0.5, 0.6) is 0 Å². The summed E-state index contributed by atoms with van der Waals surface area (Å²) in [5.74, 6) is 0. The van der Waals surface area contributed by atoms with Crippen LogP contribution in [0.4, 0.5) is 0 Å². The lowest BCUT2D eigenvalue weighted by molar-refractivity contribution is -0.0793. The highest BCUT2D eigenvalue weighted by Crippen LogP contribution is 2.11. The van der Waals surface area contributed by atoms with Crippen molar-refractivity contribution in [1.29, 1.82) is 0 Å². The van der Waals surface area contributed by atoms with Crippen LogP contribution in [0.2, 0.25) is 0 Å². The van der Waals surface area contributed by atoms with Crippen molar-refractivity contribution in [2.24, 2.45) is 0 Å². The van der Waals surface area contributed by atoms with Gasteiger partial charge in [0.25, 0.3) is 0 Å². The van der Waals surface area contributed by atoms with Crippen molar-refractivity contribution in [3.63, 3.8) is 0 Å². The highest BCUT2D eigenvalue weighted by atomic mass is 16.6. The smallest absolute Gasteiger partial charge is 0.154 e. The number of aliphatic hydroxyl groups is 1. The minimum Gasteiger partial charge on any atom is -0.368 e. The van der Waals surface area contributed by atoms with Gasteiger partial charge in [-0.2, -0.15) is 0 Å². The molecule has 2 nitrogen and oxygen atoms in total. The molecule has 0 radical (unpaired) electrons. The van der Waals surface area contributed by atoms with Gasteiger partial charge in [0, 0.05) is 7.11 Å². The second-order valence-electron chi connectivity index (χ2n) is 4.31. The molecule has 0 saturated carbocycles. The first-order chi connectivity index (χ1) is 7.31. The molecule has 0 aromatic carbocycles. The summed E-state index contributed by atoms with van der Waals surface area (Å²) in [4.78, 5) is 0. The molecule has 1 N–H and O–H groups in total. The highest BCUT2D eigenvalue weighted by Gasteiger charge is 1.99. The molecule has 0 aliphatic rings. The summed E-state index contributed by atoms with van der Waals surface area (Å²) < 4.78 is 4.78. The summed E-state index contributed by atoms with van der Waals surface area (Å²) in [6.07, 6.45) is 12.1. The Kier molecular flexibility index (Phi) is 11.9. The molecule has 0 rings (SSSR count). The largest absolute Gasteiger partial charge is 0.368 e. The quantitative estimate of drug-likeness (QED) is 0.419. The van der Waals surface area contributed by atoms with Crippen molar-refractivity contribution in [3.8, 4) is 0 Å². The minimum atomic E-state index is -0.547. The van der Waals surface area contributed by atoms with Crippen molar-refractivity contribution < 1.29 is 9.84 Å². The predicted molar refractivity (Wildman–Crippen MR) is 64.9 cm³/mol. The summed E-state index contributed by atoms with van der Waals surface area (Å²) >= 11 is 0. The van der Waals surface area contributed by atoms with Crippen LogP contribution in [-0.4, -0.2) is 18.5 Å². The minimum absolute atomic E-state index is 0.547. The lowest BCUT2D eigenvalue weighted by atomic mass is 10.1. The van der Waals surface area contributed by atoms with Crippen molar-refractivity contribution in [2.75, 3.05) is 7.11 Å². The van der Waals surface area contributed by atoms with Gasteiger partial charge >= 0.3 is 0 Å². The Morgan fingerprint density at radius 1 is 0.867 bits per heavy atom. The van der Waals surface area contributed by atoms with E-state index in [4.69, 9.17) is 9.84 Å². The first-order valence-electron chi connectivity index (χ1n) is 6.52. The van der Waals surface area contributed by atoms with E-state index >= 15 is 0 Å². The summed E-state index contributed by atoms with van der Waals surface area (Å²) in [6, 6.07) is 0. The van der Waals surface area contributed by atoms with Crippen molar-refractivity contribution in [2.45, 2.75) is 77.4 Å². The van der Waals surface area contributed by atoms with E-state index in [1.54, 1.807) is 7.11 Å². The van der Waals surface area contributed by atoms with Crippen molar-refractivity contribution in [1.82, 2.24) is 0 Å². The van der Waals surface area contributed by atoms with Crippen LogP contribution in [0.25, 0.3) is 0 Å². The van der Waals surface area contributed by atoms with E-state index in [1.807, 2.05) is 0 Å². The molecule has 2 heteroatoms. The van der Waals surface area contributed by atoms with Crippen LogP contribution in [0.15, 0.2) is 0 Å². The third-order valence-corrected chi connectivity index (χ3v) is 2.83. The molecule has 0 amide bonds. The van der Waals surface area contributed by atoms with Gasteiger partial charge in [-0.05, 0) is 12.8 Å². The summed E-state index contributed by atoms with van der Waals surface area (Å²) in [5, 5.41) is 9.14. The van der Waals surface area contributed by atoms with Crippen LogP contribution < -0.4 is 0 Å². The molecular weight excluding hydrogens is 188 g/mol. The van der Waals surface area contributed by atoms with Crippen LogP contribution in [0, 0.1) is 0 Å². The predicted octanol–water partition coefficient (Wildman–Crippen LogP) is 3.87. The molecule has 0 aliphatic heterocycles.